The van der Waals surface area contributed by atoms with Crippen LogP contribution in [0.15, 0.2) is 0 Å². The van der Waals surface area contributed by atoms with Crippen LogP contribution in [0.1, 0.15) is 26.2 Å². The van der Waals surface area contributed by atoms with Gasteiger partial charge in [-0.3, -0.25) is 4.79 Å². The van der Waals surface area contributed by atoms with E-state index < -0.39 is 0 Å². The van der Waals surface area contributed by atoms with Crippen molar-refractivity contribution in [3.63, 3.8) is 0 Å². The molecular weight excluding hydrogens is 244 g/mol. The predicted molar refractivity (Wildman–Crippen MR) is 63.8 cm³/mol. The third-order valence-electron chi connectivity index (χ3n) is 2.14. The van der Waals surface area contributed by atoms with Crippen LogP contribution in [-0.4, -0.2) is 42.8 Å². The zero-order valence-corrected chi connectivity index (χ0v) is 10.8. The number of hydrogen-bond donors (Lipinski definition) is 1. The van der Waals surface area contributed by atoms with Crippen LogP contribution in [0.3, 0.4) is 0 Å². The Kier molecular flexibility index (Phi) is 9.40. The molecule has 0 saturated carbocycles. The van der Waals surface area contributed by atoms with Crippen LogP contribution in [0.2, 0.25) is 0 Å². The molecule has 14 heavy (non-hydrogen) atoms. The molecule has 0 atom stereocenters. The molecule has 0 aliphatic heterocycles. The number of unbranched alkanes of at least 4 members (excludes halogenated alkanes) is 1. The van der Waals surface area contributed by atoms with Crippen molar-refractivity contribution in [1.29, 1.82) is 0 Å². The smallest absolute Gasteiger partial charge is 0.220 e. The van der Waals surface area contributed by atoms with Crippen molar-refractivity contribution >= 4 is 21.8 Å². The number of nitrogens with zero attached hydrogens (tertiary/aromatic N) is 1. The van der Waals surface area contributed by atoms with Gasteiger partial charge in [-0.1, -0.05) is 22.9 Å². The zero-order valence-electron chi connectivity index (χ0n) is 9.18. The second-order valence-corrected chi connectivity index (χ2v) is 4.18. The number of hydrogen-bond acceptors (Lipinski definition) is 2. The SMILES string of the molecule is CCN(C)CCNC(=O)CCCCBr. The Morgan fingerprint density at radius 1 is 1.43 bits per heavy atom. The van der Waals surface area contributed by atoms with Gasteiger partial charge in [0.05, 0.1) is 0 Å². The van der Waals surface area contributed by atoms with Crippen molar-refractivity contribution in [2.45, 2.75) is 26.2 Å². The van der Waals surface area contributed by atoms with Gasteiger partial charge in [0, 0.05) is 24.8 Å². The van der Waals surface area contributed by atoms with Crippen molar-refractivity contribution in [1.82, 2.24) is 10.2 Å². The molecule has 0 aromatic rings. The third-order valence-corrected chi connectivity index (χ3v) is 2.70. The van der Waals surface area contributed by atoms with Crippen molar-refractivity contribution in [2.75, 3.05) is 32.0 Å². The Morgan fingerprint density at radius 3 is 2.71 bits per heavy atom. The van der Waals surface area contributed by atoms with Gasteiger partial charge in [-0.2, -0.15) is 0 Å². The van der Waals surface area contributed by atoms with Gasteiger partial charge in [-0.15, -0.1) is 0 Å². The molecule has 4 heteroatoms. The number of alkyl halides is 1. The Labute approximate surface area is 95.4 Å². The average Bonchev–Trinajstić information content (AvgIpc) is 2.18. The normalized spacial score (nSPS) is 10.6. The van der Waals surface area contributed by atoms with E-state index in [0.29, 0.717) is 6.42 Å². The van der Waals surface area contributed by atoms with Crippen LogP contribution < -0.4 is 5.32 Å². The molecule has 84 valence electrons. The Morgan fingerprint density at radius 2 is 2.14 bits per heavy atom. The summed E-state index contributed by atoms with van der Waals surface area (Å²) >= 11 is 3.34. The molecular formula is C10H21BrN2O. The lowest BCUT2D eigenvalue weighted by Crippen LogP contribution is -2.32. The number of halogens is 1. The van der Waals surface area contributed by atoms with E-state index in [1.807, 2.05) is 0 Å². The Balaban J connectivity index is 3.26. The summed E-state index contributed by atoms with van der Waals surface area (Å²) in [7, 11) is 2.05. The molecule has 1 N–H and O–H groups in total. The minimum Gasteiger partial charge on any atom is -0.355 e. The summed E-state index contributed by atoms with van der Waals surface area (Å²) in [6.45, 7) is 4.83. The highest BCUT2D eigenvalue weighted by atomic mass is 79.9. The first-order chi connectivity index (χ1) is 6.70. The number of likely N-dealkylation sites (N-methyl/N-ethyl adjacent to an activating group) is 1. The lowest BCUT2D eigenvalue weighted by atomic mass is 10.2. The van der Waals surface area contributed by atoms with E-state index in [0.717, 1.165) is 37.8 Å². The molecule has 0 aliphatic carbocycles. The maximum atomic E-state index is 11.2. The molecule has 0 aliphatic rings. The summed E-state index contributed by atoms with van der Waals surface area (Å²) < 4.78 is 0. The molecule has 3 nitrogen and oxygen atoms in total. The van der Waals surface area contributed by atoms with Gasteiger partial charge in [-0.05, 0) is 26.4 Å². The Bertz CT molecular complexity index is 153. The molecule has 0 fully saturated rings. The van der Waals surface area contributed by atoms with E-state index in [-0.39, 0.29) is 5.91 Å². The van der Waals surface area contributed by atoms with Crippen molar-refractivity contribution in [3.05, 3.63) is 0 Å². The molecule has 0 aromatic heterocycles. The maximum absolute atomic E-state index is 11.2. The molecule has 1 amide bonds. The standard InChI is InChI=1S/C10H21BrN2O/c1-3-13(2)9-8-12-10(14)6-4-5-7-11/h3-9H2,1-2H3,(H,12,14). The van der Waals surface area contributed by atoms with Crippen molar-refractivity contribution < 1.29 is 4.79 Å². The molecule has 0 heterocycles. The number of carbonyl (C=O) groups is 1. The maximum Gasteiger partial charge on any atom is 0.220 e. The summed E-state index contributed by atoms with van der Waals surface area (Å²) in [6.07, 6.45) is 2.70. The number of carbonyl (C=O) groups excluding carboxylic acids is 1. The van der Waals surface area contributed by atoms with Gasteiger partial charge < -0.3 is 10.2 Å². The molecule has 0 rings (SSSR count). The van der Waals surface area contributed by atoms with E-state index in [2.05, 4.69) is 40.1 Å². The van der Waals surface area contributed by atoms with Crippen LogP contribution in [0.4, 0.5) is 0 Å². The van der Waals surface area contributed by atoms with Crippen LogP contribution in [0.25, 0.3) is 0 Å². The molecule has 0 aromatic carbocycles. The van der Waals surface area contributed by atoms with E-state index in [1.165, 1.54) is 0 Å². The fourth-order valence-corrected chi connectivity index (χ4v) is 1.41. The van der Waals surface area contributed by atoms with E-state index in [4.69, 9.17) is 0 Å². The summed E-state index contributed by atoms with van der Waals surface area (Å²) in [6, 6.07) is 0. The van der Waals surface area contributed by atoms with E-state index in [1.54, 1.807) is 0 Å². The summed E-state index contributed by atoms with van der Waals surface area (Å²) in [5.74, 6) is 0.176. The topological polar surface area (TPSA) is 32.3 Å². The minimum atomic E-state index is 0.176. The molecule has 0 unspecified atom stereocenters. The molecule has 0 bridgehead atoms. The van der Waals surface area contributed by atoms with E-state index >= 15 is 0 Å². The van der Waals surface area contributed by atoms with Crippen LogP contribution >= 0.6 is 15.9 Å². The fourth-order valence-electron chi connectivity index (χ4n) is 1.01. The summed E-state index contributed by atoms with van der Waals surface area (Å²) in [5, 5.41) is 3.90. The zero-order chi connectivity index (χ0) is 10.8. The first-order valence-electron chi connectivity index (χ1n) is 5.22. The number of nitrogens with one attached hydrogen (secondary N) is 1. The largest absolute Gasteiger partial charge is 0.355 e. The average molecular weight is 265 g/mol. The van der Waals surface area contributed by atoms with Crippen molar-refractivity contribution in [2.24, 2.45) is 0 Å². The second-order valence-electron chi connectivity index (χ2n) is 3.39. The van der Waals surface area contributed by atoms with Gasteiger partial charge in [0.1, 0.15) is 0 Å². The lowest BCUT2D eigenvalue weighted by Gasteiger charge is -2.13. The predicted octanol–water partition coefficient (Wildman–Crippen LogP) is 1.62. The van der Waals surface area contributed by atoms with Crippen LogP contribution in [0, 0.1) is 0 Å². The lowest BCUT2D eigenvalue weighted by molar-refractivity contribution is -0.121. The minimum absolute atomic E-state index is 0.176. The van der Waals surface area contributed by atoms with Crippen molar-refractivity contribution in [3.8, 4) is 0 Å². The monoisotopic (exact) mass is 264 g/mol. The number of amides is 1. The van der Waals surface area contributed by atoms with Gasteiger partial charge in [0.25, 0.3) is 0 Å². The molecule has 0 spiro atoms. The quantitative estimate of drug-likeness (QED) is 0.534. The van der Waals surface area contributed by atoms with E-state index in [9.17, 15) is 4.79 Å². The highest BCUT2D eigenvalue weighted by Gasteiger charge is 2.00. The number of rotatable bonds is 8. The fraction of sp³-hybridized carbons (Fsp3) is 0.900. The highest BCUT2D eigenvalue weighted by molar-refractivity contribution is 9.09. The van der Waals surface area contributed by atoms with Gasteiger partial charge in [-0.25, -0.2) is 0 Å². The van der Waals surface area contributed by atoms with Gasteiger partial charge in [0.2, 0.25) is 5.91 Å². The first kappa shape index (κ1) is 13.9. The Hall–Kier alpha value is -0.0900. The summed E-state index contributed by atoms with van der Waals surface area (Å²) in [5.41, 5.74) is 0. The first-order valence-corrected chi connectivity index (χ1v) is 6.34. The highest BCUT2D eigenvalue weighted by Crippen LogP contribution is 1.97. The van der Waals surface area contributed by atoms with Crippen LogP contribution in [-0.2, 0) is 4.79 Å². The van der Waals surface area contributed by atoms with Gasteiger partial charge in [0.15, 0.2) is 0 Å². The second kappa shape index (κ2) is 9.46. The van der Waals surface area contributed by atoms with Gasteiger partial charge >= 0.3 is 0 Å². The third kappa shape index (κ3) is 8.51. The molecule has 0 radical (unpaired) electrons. The summed E-state index contributed by atoms with van der Waals surface area (Å²) in [4.78, 5) is 13.4. The molecule has 0 saturated heterocycles. The van der Waals surface area contributed by atoms with Crippen LogP contribution in [0.5, 0.6) is 0 Å².